The molecule has 0 aliphatic heterocycles. The Labute approximate surface area is 132 Å². The summed E-state index contributed by atoms with van der Waals surface area (Å²) in [7, 11) is 3.33. The van der Waals surface area contributed by atoms with E-state index in [2.05, 4.69) is 20.7 Å². The van der Waals surface area contributed by atoms with Gasteiger partial charge in [-0.15, -0.1) is 11.3 Å². The number of fused-ring (bicyclic) bond motifs is 1. The van der Waals surface area contributed by atoms with Gasteiger partial charge in [0.2, 0.25) is 5.76 Å². The van der Waals surface area contributed by atoms with Crippen molar-refractivity contribution in [2.75, 3.05) is 14.2 Å². The number of aromatic nitrogens is 1. The van der Waals surface area contributed by atoms with Gasteiger partial charge in [-0.25, -0.2) is 9.78 Å². The van der Waals surface area contributed by atoms with E-state index in [1.807, 2.05) is 25.2 Å². The molecular formula is C16H16N2O3S. The van der Waals surface area contributed by atoms with Gasteiger partial charge < -0.3 is 9.15 Å². The summed E-state index contributed by atoms with van der Waals surface area (Å²) in [6.45, 7) is 1.33. The zero-order valence-electron chi connectivity index (χ0n) is 12.4. The van der Waals surface area contributed by atoms with Crippen LogP contribution in [0.3, 0.4) is 0 Å². The van der Waals surface area contributed by atoms with Crippen molar-refractivity contribution < 1.29 is 13.9 Å². The lowest BCUT2D eigenvalue weighted by molar-refractivity contribution is 0.0561. The average Bonchev–Trinajstić information content (AvgIpc) is 3.12. The molecular weight excluding hydrogens is 300 g/mol. The van der Waals surface area contributed by atoms with Crippen LogP contribution in [0.15, 0.2) is 40.8 Å². The van der Waals surface area contributed by atoms with E-state index in [1.165, 1.54) is 11.8 Å². The number of esters is 1. The fraction of sp³-hybridized carbons (Fsp3) is 0.250. The number of hydrogen-bond acceptors (Lipinski definition) is 6. The predicted molar refractivity (Wildman–Crippen MR) is 84.8 cm³/mol. The van der Waals surface area contributed by atoms with Gasteiger partial charge in [0.15, 0.2) is 0 Å². The minimum absolute atomic E-state index is 0.228. The number of methoxy groups -OCH3 is 1. The van der Waals surface area contributed by atoms with Crippen LogP contribution < -0.4 is 0 Å². The van der Waals surface area contributed by atoms with Crippen molar-refractivity contribution >= 4 is 27.5 Å². The molecule has 0 aliphatic carbocycles. The number of furan rings is 1. The number of carbonyl (C=O) groups excluding carboxylic acids is 1. The lowest BCUT2D eigenvalue weighted by atomic mass is 10.3. The number of para-hydroxylation sites is 1. The smallest absolute Gasteiger partial charge is 0.373 e. The average molecular weight is 316 g/mol. The van der Waals surface area contributed by atoms with Gasteiger partial charge in [0.1, 0.15) is 10.8 Å². The highest BCUT2D eigenvalue weighted by molar-refractivity contribution is 7.18. The van der Waals surface area contributed by atoms with Crippen LogP contribution in [0.5, 0.6) is 0 Å². The third kappa shape index (κ3) is 3.18. The summed E-state index contributed by atoms with van der Waals surface area (Å²) in [4.78, 5) is 18.1. The van der Waals surface area contributed by atoms with Gasteiger partial charge >= 0.3 is 5.97 Å². The van der Waals surface area contributed by atoms with Crippen molar-refractivity contribution in [1.29, 1.82) is 0 Å². The largest absolute Gasteiger partial charge is 0.463 e. The summed E-state index contributed by atoms with van der Waals surface area (Å²) in [5.41, 5.74) is 1.03. The van der Waals surface area contributed by atoms with E-state index >= 15 is 0 Å². The Hall–Kier alpha value is -2.18. The molecule has 1 aromatic carbocycles. The Morgan fingerprint density at radius 1 is 1.27 bits per heavy atom. The van der Waals surface area contributed by atoms with E-state index in [0.717, 1.165) is 22.8 Å². The Kier molecular flexibility index (Phi) is 4.22. The molecule has 0 atom stereocenters. The minimum atomic E-state index is -0.458. The lowest BCUT2D eigenvalue weighted by Crippen LogP contribution is -2.16. The Morgan fingerprint density at radius 3 is 2.86 bits per heavy atom. The molecule has 6 heteroatoms. The van der Waals surface area contributed by atoms with Gasteiger partial charge in [-0.05, 0) is 31.3 Å². The summed E-state index contributed by atoms with van der Waals surface area (Å²) in [5.74, 6) is 0.495. The number of carbonyl (C=O) groups is 1. The maximum Gasteiger partial charge on any atom is 0.373 e. The number of nitrogens with zero attached hydrogens (tertiary/aromatic N) is 2. The Balaban J connectivity index is 1.65. The molecule has 0 fully saturated rings. The lowest BCUT2D eigenvalue weighted by Gasteiger charge is -2.12. The van der Waals surface area contributed by atoms with Gasteiger partial charge in [-0.3, -0.25) is 4.90 Å². The van der Waals surface area contributed by atoms with E-state index in [9.17, 15) is 4.79 Å². The first-order chi connectivity index (χ1) is 10.7. The third-order valence-electron chi connectivity index (χ3n) is 3.22. The highest BCUT2D eigenvalue weighted by Gasteiger charge is 2.13. The molecule has 22 heavy (non-hydrogen) atoms. The molecule has 0 N–H and O–H groups in total. The maximum atomic E-state index is 11.4. The van der Waals surface area contributed by atoms with E-state index in [4.69, 9.17) is 4.42 Å². The van der Waals surface area contributed by atoms with Gasteiger partial charge in [0.05, 0.1) is 30.4 Å². The number of thiazole rings is 1. The van der Waals surface area contributed by atoms with Crippen LogP contribution in [-0.4, -0.2) is 30.0 Å². The van der Waals surface area contributed by atoms with Crippen LogP contribution in [0.25, 0.3) is 10.2 Å². The molecule has 3 rings (SSSR count). The third-order valence-corrected chi connectivity index (χ3v) is 4.24. The van der Waals surface area contributed by atoms with E-state index in [1.54, 1.807) is 23.5 Å². The fourth-order valence-electron chi connectivity index (χ4n) is 2.21. The van der Waals surface area contributed by atoms with Crippen LogP contribution in [-0.2, 0) is 17.8 Å². The van der Waals surface area contributed by atoms with Crippen molar-refractivity contribution in [3.63, 3.8) is 0 Å². The summed E-state index contributed by atoms with van der Waals surface area (Å²) in [6, 6.07) is 11.5. The summed E-state index contributed by atoms with van der Waals surface area (Å²) >= 11 is 1.69. The maximum absolute atomic E-state index is 11.4. The Bertz CT molecular complexity index is 760. The van der Waals surface area contributed by atoms with Crippen LogP contribution in [0, 0.1) is 0 Å². The second-order valence-corrected chi connectivity index (χ2v) is 6.12. The first-order valence-electron chi connectivity index (χ1n) is 6.86. The number of ether oxygens (including phenoxy) is 1. The summed E-state index contributed by atoms with van der Waals surface area (Å²) in [5, 5.41) is 1.06. The summed E-state index contributed by atoms with van der Waals surface area (Å²) in [6.07, 6.45) is 0. The van der Waals surface area contributed by atoms with Crippen LogP contribution in [0.2, 0.25) is 0 Å². The van der Waals surface area contributed by atoms with Crippen LogP contribution in [0.1, 0.15) is 21.3 Å². The van der Waals surface area contributed by atoms with Gasteiger partial charge in [0.25, 0.3) is 0 Å². The highest BCUT2D eigenvalue weighted by Crippen LogP contribution is 2.23. The molecule has 114 valence electrons. The van der Waals surface area contributed by atoms with Gasteiger partial charge in [-0.2, -0.15) is 0 Å². The first-order valence-corrected chi connectivity index (χ1v) is 7.67. The molecule has 0 amide bonds. The quantitative estimate of drug-likeness (QED) is 0.676. The van der Waals surface area contributed by atoms with Crippen molar-refractivity contribution in [2.45, 2.75) is 13.1 Å². The van der Waals surface area contributed by atoms with Gasteiger partial charge in [-0.1, -0.05) is 12.1 Å². The van der Waals surface area contributed by atoms with Crippen LogP contribution >= 0.6 is 11.3 Å². The molecule has 2 aromatic heterocycles. The molecule has 0 saturated carbocycles. The topological polar surface area (TPSA) is 55.6 Å². The highest BCUT2D eigenvalue weighted by atomic mass is 32.1. The monoisotopic (exact) mass is 316 g/mol. The van der Waals surface area contributed by atoms with Crippen LogP contribution in [0.4, 0.5) is 0 Å². The summed E-state index contributed by atoms with van der Waals surface area (Å²) < 4.78 is 11.3. The minimum Gasteiger partial charge on any atom is -0.463 e. The zero-order valence-corrected chi connectivity index (χ0v) is 13.2. The first kappa shape index (κ1) is 14.7. The normalized spacial score (nSPS) is 11.2. The fourth-order valence-corrected chi connectivity index (χ4v) is 3.26. The molecule has 0 aliphatic rings. The number of benzene rings is 1. The standard InChI is InChI=1S/C16H16N2O3S/c1-18(9-11-7-8-13(21-11)16(19)20-2)10-15-17-12-5-3-4-6-14(12)22-15/h3-8H,9-10H2,1-2H3. The van der Waals surface area contributed by atoms with E-state index in [-0.39, 0.29) is 5.76 Å². The van der Waals surface area contributed by atoms with Gasteiger partial charge in [0, 0.05) is 0 Å². The molecule has 0 spiro atoms. The second-order valence-electron chi connectivity index (χ2n) is 5.01. The second kappa shape index (κ2) is 6.29. The molecule has 0 radical (unpaired) electrons. The van der Waals surface area contributed by atoms with E-state index in [0.29, 0.717) is 6.54 Å². The zero-order chi connectivity index (χ0) is 15.5. The molecule has 2 heterocycles. The predicted octanol–water partition coefficient (Wildman–Crippen LogP) is 3.31. The Morgan fingerprint density at radius 2 is 2.09 bits per heavy atom. The number of rotatable bonds is 5. The van der Waals surface area contributed by atoms with Crippen molar-refractivity contribution in [3.05, 3.63) is 52.9 Å². The van der Waals surface area contributed by atoms with Crippen molar-refractivity contribution in [2.24, 2.45) is 0 Å². The molecule has 5 nitrogen and oxygen atoms in total. The van der Waals surface area contributed by atoms with Crippen molar-refractivity contribution in [3.8, 4) is 0 Å². The van der Waals surface area contributed by atoms with E-state index < -0.39 is 5.97 Å². The van der Waals surface area contributed by atoms with Crippen molar-refractivity contribution in [1.82, 2.24) is 9.88 Å². The molecule has 0 bridgehead atoms. The molecule has 3 aromatic rings. The SMILES string of the molecule is COC(=O)c1ccc(CN(C)Cc2nc3ccccc3s2)o1. The molecule has 0 unspecified atom stereocenters. The molecule has 0 saturated heterocycles. The number of hydrogen-bond donors (Lipinski definition) is 0.